The largest absolute Gasteiger partial charge is 0.497 e. The number of nitrogens with zero attached hydrogens (tertiary/aromatic N) is 2. The third kappa shape index (κ3) is 7.57. The molecule has 1 unspecified atom stereocenters. The Morgan fingerprint density at radius 1 is 1.14 bits per heavy atom. The average molecular weight is 558 g/mol. The highest BCUT2D eigenvalue weighted by Crippen LogP contribution is 2.33. The van der Waals surface area contributed by atoms with Crippen LogP contribution >= 0.6 is 35.6 Å². The van der Waals surface area contributed by atoms with Gasteiger partial charge < -0.3 is 10.1 Å². The molecule has 4 rings (SSSR count). The Kier molecular flexibility index (Phi) is 10.0. The number of ether oxygens (including phenoxy) is 1. The van der Waals surface area contributed by atoms with Gasteiger partial charge in [0.1, 0.15) is 10.1 Å². The second-order valence-corrected chi connectivity index (χ2v) is 11.3. The van der Waals surface area contributed by atoms with Gasteiger partial charge in [0.25, 0.3) is 5.91 Å². The fourth-order valence-corrected chi connectivity index (χ4v) is 6.05. The first kappa shape index (κ1) is 27.6. The molecule has 0 spiro atoms. The second kappa shape index (κ2) is 13.4. The first-order valence-electron chi connectivity index (χ1n) is 12.6. The lowest BCUT2D eigenvalue weighted by atomic mass is 10.0. The third-order valence-electron chi connectivity index (χ3n) is 6.65. The number of nitrogens with one attached hydrogen (secondary N) is 1. The van der Waals surface area contributed by atoms with Crippen molar-refractivity contribution in [2.24, 2.45) is 0 Å². The van der Waals surface area contributed by atoms with Gasteiger partial charge in [-0.3, -0.25) is 19.4 Å². The summed E-state index contributed by atoms with van der Waals surface area (Å²) in [4.78, 5) is 30.2. The summed E-state index contributed by atoms with van der Waals surface area (Å²) in [6.45, 7) is 3.04. The molecule has 9 heteroatoms. The summed E-state index contributed by atoms with van der Waals surface area (Å²) in [7, 11) is 1.66. The lowest BCUT2D eigenvalue weighted by Crippen LogP contribution is -2.40. The van der Waals surface area contributed by atoms with Crippen LogP contribution < -0.4 is 10.1 Å². The SMILES string of the molecule is COc1ccc(C(CNC(=O)CCCN2C(=O)/C(=C/c3ccc(Cl)cc3)SC2=S)N2CCCCC2)cc1. The summed E-state index contributed by atoms with van der Waals surface area (Å²) >= 11 is 12.7. The molecule has 0 aliphatic carbocycles. The Hall–Kier alpha value is -2.39. The van der Waals surface area contributed by atoms with Gasteiger partial charge in [-0.05, 0) is 73.8 Å². The Morgan fingerprint density at radius 2 is 1.84 bits per heavy atom. The number of halogens is 1. The van der Waals surface area contributed by atoms with E-state index in [1.54, 1.807) is 24.1 Å². The molecule has 6 nitrogen and oxygen atoms in total. The molecule has 1 N–H and O–H groups in total. The summed E-state index contributed by atoms with van der Waals surface area (Å²) in [6.07, 6.45) is 6.31. The summed E-state index contributed by atoms with van der Waals surface area (Å²) in [5.74, 6) is 0.691. The van der Waals surface area contributed by atoms with E-state index in [-0.39, 0.29) is 17.9 Å². The number of hydrogen-bond acceptors (Lipinski definition) is 6. The average Bonchev–Trinajstić information content (AvgIpc) is 3.18. The van der Waals surface area contributed by atoms with Crippen molar-refractivity contribution in [3.8, 4) is 5.75 Å². The predicted octanol–water partition coefficient (Wildman–Crippen LogP) is 5.67. The summed E-state index contributed by atoms with van der Waals surface area (Å²) in [6, 6.07) is 15.5. The zero-order chi connectivity index (χ0) is 26.2. The Labute approximate surface area is 233 Å². The highest BCUT2D eigenvalue weighted by molar-refractivity contribution is 8.26. The van der Waals surface area contributed by atoms with Crippen molar-refractivity contribution < 1.29 is 14.3 Å². The number of rotatable bonds is 10. The molecule has 2 aliphatic heterocycles. The van der Waals surface area contributed by atoms with Crippen LogP contribution in [-0.4, -0.2) is 59.2 Å². The van der Waals surface area contributed by atoms with E-state index in [1.807, 2.05) is 30.3 Å². The lowest BCUT2D eigenvalue weighted by Gasteiger charge is -2.35. The molecule has 1 atom stereocenters. The van der Waals surface area contributed by atoms with Crippen LogP contribution in [0, 0.1) is 0 Å². The number of piperidine rings is 1. The summed E-state index contributed by atoms with van der Waals surface area (Å²) in [5.41, 5.74) is 2.07. The number of amides is 2. The number of carbonyl (C=O) groups is 2. The molecule has 0 radical (unpaired) electrons. The van der Waals surface area contributed by atoms with E-state index < -0.39 is 0 Å². The zero-order valence-corrected chi connectivity index (χ0v) is 23.3. The molecule has 2 saturated heterocycles. The van der Waals surface area contributed by atoms with Crippen LogP contribution in [0.3, 0.4) is 0 Å². The van der Waals surface area contributed by atoms with Gasteiger partial charge in [0.05, 0.1) is 18.1 Å². The molecule has 196 valence electrons. The Morgan fingerprint density at radius 3 is 2.51 bits per heavy atom. The van der Waals surface area contributed by atoms with E-state index in [4.69, 9.17) is 28.6 Å². The van der Waals surface area contributed by atoms with Crippen LogP contribution in [0.2, 0.25) is 5.02 Å². The van der Waals surface area contributed by atoms with E-state index in [9.17, 15) is 9.59 Å². The van der Waals surface area contributed by atoms with Gasteiger partial charge in [0.15, 0.2) is 0 Å². The smallest absolute Gasteiger partial charge is 0.266 e. The minimum absolute atomic E-state index is 0.0160. The first-order valence-corrected chi connectivity index (χ1v) is 14.2. The minimum atomic E-state index is -0.116. The Balaban J connectivity index is 1.28. The molecule has 2 aliphatic rings. The quantitative estimate of drug-likeness (QED) is 0.300. The molecular weight excluding hydrogens is 526 g/mol. The van der Waals surface area contributed by atoms with Crippen molar-refractivity contribution in [2.45, 2.75) is 38.1 Å². The van der Waals surface area contributed by atoms with Crippen molar-refractivity contribution in [2.75, 3.05) is 33.3 Å². The van der Waals surface area contributed by atoms with Crippen LogP contribution in [0.15, 0.2) is 53.4 Å². The molecule has 37 heavy (non-hydrogen) atoms. The van der Waals surface area contributed by atoms with Gasteiger partial charge >= 0.3 is 0 Å². The van der Waals surface area contributed by atoms with Gasteiger partial charge in [-0.2, -0.15) is 0 Å². The van der Waals surface area contributed by atoms with Crippen LogP contribution in [0.1, 0.15) is 49.3 Å². The van der Waals surface area contributed by atoms with Crippen LogP contribution in [-0.2, 0) is 9.59 Å². The van der Waals surface area contributed by atoms with Crippen molar-refractivity contribution in [1.82, 2.24) is 15.1 Å². The maximum Gasteiger partial charge on any atom is 0.266 e. The van der Waals surface area contributed by atoms with Gasteiger partial charge in [-0.1, -0.05) is 66.3 Å². The predicted molar refractivity (Wildman–Crippen MR) is 155 cm³/mol. The molecule has 2 heterocycles. The highest BCUT2D eigenvalue weighted by atomic mass is 35.5. The van der Waals surface area contributed by atoms with Gasteiger partial charge in [-0.25, -0.2) is 0 Å². The second-order valence-electron chi connectivity index (χ2n) is 9.18. The van der Waals surface area contributed by atoms with Crippen molar-refractivity contribution in [3.05, 3.63) is 69.6 Å². The number of likely N-dealkylation sites (tertiary alicyclic amines) is 1. The molecule has 0 aromatic heterocycles. The summed E-state index contributed by atoms with van der Waals surface area (Å²) in [5, 5.41) is 3.77. The Bertz CT molecular complexity index is 1130. The number of benzene rings is 2. The standard InChI is InChI=1S/C28H32ClN3O3S2/c1-35-23-13-9-21(10-14-23)24(31-15-3-2-4-16-31)19-30-26(33)6-5-17-32-27(34)25(37-28(32)36)18-20-7-11-22(29)12-8-20/h7-14,18,24H,2-6,15-17,19H2,1H3,(H,30,33)/b25-18-. The van der Waals surface area contributed by atoms with E-state index >= 15 is 0 Å². The maximum atomic E-state index is 12.9. The van der Waals surface area contributed by atoms with Crippen molar-refractivity contribution >= 4 is 57.8 Å². The zero-order valence-electron chi connectivity index (χ0n) is 21.0. The maximum absolute atomic E-state index is 12.9. The molecule has 0 saturated carbocycles. The number of thioether (sulfide) groups is 1. The molecule has 0 bridgehead atoms. The molecule has 2 aromatic rings. The normalized spacial score (nSPS) is 18.3. The summed E-state index contributed by atoms with van der Waals surface area (Å²) < 4.78 is 5.83. The van der Waals surface area contributed by atoms with Gasteiger partial charge in [0.2, 0.25) is 5.91 Å². The number of carbonyl (C=O) groups excluding carboxylic acids is 2. The van der Waals surface area contributed by atoms with Crippen molar-refractivity contribution in [1.29, 1.82) is 0 Å². The lowest BCUT2D eigenvalue weighted by molar-refractivity contribution is -0.124. The van der Waals surface area contributed by atoms with Crippen LogP contribution in [0.5, 0.6) is 5.75 Å². The molecule has 2 aromatic carbocycles. The first-order chi connectivity index (χ1) is 17.9. The molecule has 2 fully saturated rings. The fraction of sp³-hybridized carbons (Fsp3) is 0.393. The van der Waals surface area contributed by atoms with Gasteiger partial charge in [-0.15, -0.1) is 0 Å². The van der Waals surface area contributed by atoms with Crippen LogP contribution in [0.25, 0.3) is 6.08 Å². The van der Waals surface area contributed by atoms with E-state index in [1.165, 1.54) is 36.6 Å². The minimum Gasteiger partial charge on any atom is -0.497 e. The van der Waals surface area contributed by atoms with E-state index in [0.717, 1.165) is 24.4 Å². The number of hydrogen-bond donors (Lipinski definition) is 1. The third-order valence-corrected chi connectivity index (χ3v) is 8.28. The van der Waals surface area contributed by atoms with Gasteiger partial charge in [0, 0.05) is 24.5 Å². The van der Waals surface area contributed by atoms with E-state index in [2.05, 4.69) is 22.3 Å². The number of thiocarbonyl (C=S) groups is 1. The molecular formula is C28H32ClN3O3S2. The van der Waals surface area contributed by atoms with E-state index in [0.29, 0.717) is 40.2 Å². The molecule has 2 amide bonds. The number of methoxy groups -OCH3 is 1. The van der Waals surface area contributed by atoms with Crippen LogP contribution in [0.4, 0.5) is 0 Å². The topological polar surface area (TPSA) is 61.9 Å². The van der Waals surface area contributed by atoms with Crippen molar-refractivity contribution in [3.63, 3.8) is 0 Å². The highest BCUT2D eigenvalue weighted by Gasteiger charge is 2.31. The monoisotopic (exact) mass is 557 g/mol. The fourth-order valence-electron chi connectivity index (χ4n) is 4.61.